The van der Waals surface area contributed by atoms with Crippen molar-refractivity contribution in [3.05, 3.63) is 80.0 Å². The molecule has 1 aromatic heterocycles. The largest absolute Gasteiger partial charge is 0.306 e. The second-order valence-corrected chi connectivity index (χ2v) is 7.76. The minimum atomic E-state index is -0.594. The number of benzene rings is 2. The number of nitro groups is 1. The van der Waals surface area contributed by atoms with Crippen LogP contribution in [0.4, 0.5) is 11.5 Å². The number of amides is 1. The highest BCUT2D eigenvalue weighted by molar-refractivity contribution is 7.98. The van der Waals surface area contributed by atoms with Crippen molar-refractivity contribution < 1.29 is 9.72 Å². The van der Waals surface area contributed by atoms with Crippen LogP contribution in [0.15, 0.2) is 42.5 Å². The summed E-state index contributed by atoms with van der Waals surface area (Å²) in [5.41, 5.74) is 3.30. The Morgan fingerprint density at radius 1 is 1.29 bits per heavy atom. The predicted octanol–water partition coefficient (Wildman–Crippen LogP) is 4.74. The van der Waals surface area contributed by atoms with Crippen molar-refractivity contribution in [3.63, 3.8) is 0 Å². The zero-order valence-corrected chi connectivity index (χ0v) is 16.4. The topological polar surface area (TPSA) is 90.1 Å². The van der Waals surface area contributed by atoms with Gasteiger partial charge in [-0.25, -0.2) is 4.68 Å². The number of thioether (sulfide) groups is 1. The summed E-state index contributed by atoms with van der Waals surface area (Å²) in [6.45, 7) is 1.96. The van der Waals surface area contributed by atoms with Crippen LogP contribution in [0.2, 0.25) is 5.02 Å². The number of aromatic nitrogens is 2. The molecule has 7 nitrogen and oxygen atoms in total. The Kier molecular flexibility index (Phi) is 4.82. The van der Waals surface area contributed by atoms with Gasteiger partial charge in [-0.05, 0) is 30.7 Å². The molecule has 2 aromatic carbocycles. The zero-order chi connectivity index (χ0) is 19.8. The van der Waals surface area contributed by atoms with Crippen molar-refractivity contribution in [3.8, 4) is 5.69 Å². The lowest BCUT2D eigenvalue weighted by molar-refractivity contribution is -0.385. The fourth-order valence-electron chi connectivity index (χ4n) is 3.14. The molecule has 0 bridgehead atoms. The molecule has 2 heterocycles. The van der Waals surface area contributed by atoms with E-state index in [-0.39, 0.29) is 16.3 Å². The van der Waals surface area contributed by atoms with Gasteiger partial charge in [0, 0.05) is 28.2 Å². The van der Waals surface area contributed by atoms with Crippen LogP contribution in [0.1, 0.15) is 27.2 Å². The van der Waals surface area contributed by atoms with E-state index in [0.29, 0.717) is 11.6 Å². The molecule has 0 saturated heterocycles. The second-order valence-electron chi connectivity index (χ2n) is 6.34. The van der Waals surface area contributed by atoms with Gasteiger partial charge in [0.05, 0.1) is 16.3 Å². The number of halogens is 1. The first-order valence-corrected chi connectivity index (χ1v) is 9.99. The van der Waals surface area contributed by atoms with E-state index in [2.05, 4.69) is 10.4 Å². The minimum absolute atomic E-state index is 0.0885. The number of nitrogens with zero attached hydrogens (tertiary/aromatic N) is 3. The molecule has 0 fully saturated rings. The quantitative estimate of drug-likeness (QED) is 0.491. The van der Waals surface area contributed by atoms with E-state index in [9.17, 15) is 14.9 Å². The molecular formula is C19H15ClN4O3S. The first-order chi connectivity index (χ1) is 13.5. The predicted molar refractivity (Wildman–Crippen MR) is 109 cm³/mol. The summed E-state index contributed by atoms with van der Waals surface area (Å²) >= 11 is 7.67. The molecule has 3 aromatic rings. The number of hydrogen-bond acceptors (Lipinski definition) is 5. The lowest BCUT2D eigenvalue weighted by Gasteiger charge is -2.13. The molecule has 1 aliphatic rings. The number of hydrogen-bond donors (Lipinski definition) is 1. The number of rotatable bonds is 4. The Balaban J connectivity index is 1.79. The van der Waals surface area contributed by atoms with Crippen LogP contribution in [0.3, 0.4) is 0 Å². The highest BCUT2D eigenvalue weighted by Crippen LogP contribution is 2.37. The standard InChI is InChI=1S/C19H15ClN4O3S/c1-11-4-2-3-5-16(11)23-18(14-9-28-10-15(14)22-23)21-19(25)13-8-12(20)6-7-17(13)24(26)27/h2-8H,9-10H2,1H3,(H,21,25). The van der Waals surface area contributed by atoms with Gasteiger partial charge in [-0.1, -0.05) is 29.8 Å². The molecule has 1 N–H and O–H groups in total. The molecule has 9 heteroatoms. The smallest absolute Gasteiger partial charge is 0.282 e. The summed E-state index contributed by atoms with van der Waals surface area (Å²) in [7, 11) is 0. The average molecular weight is 415 g/mol. The summed E-state index contributed by atoms with van der Waals surface area (Å²) < 4.78 is 1.70. The Hall–Kier alpha value is -2.84. The molecule has 28 heavy (non-hydrogen) atoms. The first-order valence-electron chi connectivity index (χ1n) is 8.45. The van der Waals surface area contributed by atoms with E-state index in [1.54, 1.807) is 16.4 Å². The molecular weight excluding hydrogens is 400 g/mol. The number of nitro benzene ring substituents is 1. The number of nitrogens with one attached hydrogen (secondary N) is 1. The van der Waals surface area contributed by atoms with E-state index in [4.69, 9.17) is 11.6 Å². The molecule has 0 unspecified atom stereocenters. The van der Waals surface area contributed by atoms with Gasteiger partial charge in [0.25, 0.3) is 11.6 Å². The van der Waals surface area contributed by atoms with Crippen molar-refractivity contribution in [2.45, 2.75) is 18.4 Å². The van der Waals surface area contributed by atoms with Crippen LogP contribution in [-0.4, -0.2) is 20.6 Å². The molecule has 0 atom stereocenters. The Morgan fingerprint density at radius 2 is 2.07 bits per heavy atom. The van der Waals surface area contributed by atoms with Gasteiger partial charge in [0.15, 0.2) is 0 Å². The van der Waals surface area contributed by atoms with Gasteiger partial charge in [-0.2, -0.15) is 16.9 Å². The fraction of sp³-hybridized carbons (Fsp3) is 0.158. The maximum absolute atomic E-state index is 12.9. The van der Waals surface area contributed by atoms with E-state index >= 15 is 0 Å². The fourth-order valence-corrected chi connectivity index (χ4v) is 4.35. The van der Waals surface area contributed by atoms with Crippen LogP contribution in [-0.2, 0) is 11.5 Å². The second kappa shape index (κ2) is 7.29. The number of para-hydroxylation sites is 1. The van der Waals surface area contributed by atoms with Crippen LogP contribution >= 0.6 is 23.4 Å². The lowest BCUT2D eigenvalue weighted by Crippen LogP contribution is -2.18. The molecule has 142 valence electrons. The molecule has 0 saturated carbocycles. The summed E-state index contributed by atoms with van der Waals surface area (Å²) in [5, 5.41) is 19.1. The third-order valence-electron chi connectivity index (χ3n) is 4.53. The van der Waals surface area contributed by atoms with Crippen LogP contribution in [0.5, 0.6) is 0 Å². The maximum atomic E-state index is 12.9. The minimum Gasteiger partial charge on any atom is -0.306 e. The highest BCUT2D eigenvalue weighted by Gasteiger charge is 2.27. The maximum Gasteiger partial charge on any atom is 0.282 e. The van der Waals surface area contributed by atoms with Crippen LogP contribution in [0, 0.1) is 17.0 Å². The number of fused-ring (bicyclic) bond motifs is 1. The summed E-state index contributed by atoms with van der Waals surface area (Å²) in [6, 6.07) is 11.6. The highest BCUT2D eigenvalue weighted by atomic mass is 35.5. The van der Waals surface area contributed by atoms with Gasteiger partial charge in [0.2, 0.25) is 0 Å². The average Bonchev–Trinajstić information content (AvgIpc) is 3.24. The Bertz CT molecular complexity index is 1110. The van der Waals surface area contributed by atoms with E-state index in [0.717, 1.165) is 28.3 Å². The van der Waals surface area contributed by atoms with E-state index in [1.807, 2.05) is 31.2 Å². The normalized spacial score (nSPS) is 12.6. The molecule has 1 aliphatic heterocycles. The number of aryl methyl sites for hydroxylation is 1. The van der Waals surface area contributed by atoms with Crippen LogP contribution in [0.25, 0.3) is 5.69 Å². The monoisotopic (exact) mass is 414 g/mol. The van der Waals surface area contributed by atoms with Crippen molar-refractivity contribution in [1.82, 2.24) is 9.78 Å². The van der Waals surface area contributed by atoms with Crippen molar-refractivity contribution >= 4 is 40.8 Å². The molecule has 1 amide bonds. The van der Waals surface area contributed by atoms with Crippen LogP contribution < -0.4 is 5.32 Å². The van der Waals surface area contributed by atoms with Crippen molar-refractivity contribution in [1.29, 1.82) is 0 Å². The summed E-state index contributed by atoms with van der Waals surface area (Å²) in [6.07, 6.45) is 0. The van der Waals surface area contributed by atoms with Gasteiger partial charge >= 0.3 is 0 Å². The molecule has 0 radical (unpaired) electrons. The Morgan fingerprint density at radius 3 is 2.82 bits per heavy atom. The van der Waals surface area contributed by atoms with Crippen molar-refractivity contribution in [2.24, 2.45) is 0 Å². The van der Waals surface area contributed by atoms with E-state index < -0.39 is 10.8 Å². The molecule has 4 rings (SSSR count). The van der Waals surface area contributed by atoms with E-state index in [1.165, 1.54) is 18.2 Å². The van der Waals surface area contributed by atoms with Gasteiger partial charge < -0.3 is 5.32 Å². The lowest BCUT2D eigenvalue weighted by atomic mass is 10.1. The molecule has 0 aliphatic carbocycles. The number of carbonyl (C=O) groups excluding carboxylic acids is 1. The SMILES string of the molecule is Cc1ccccc1-n1nc2c(c1NC(=O)c1cc(Cl)ccc1[N+](=O)[O-])CSC2. The third-order valence-corrected chi connectivity index (χ3v) is 5.73. The molecule has 0 spiro atoms. The third kappa shape index (κ3) is 3.25. The summed E-state index contributed by atoms with van der Waals surface area (Å²) in [5.74, 6) is 1.42. The van der Waals surface area contributed by atoms with Gasteiger partial charge in [-0.3, -0.25) is 14.9 Å². The van der Waals surface area contributed by atoms with Crippen molar-refractivity contribution in [2.75, 3.05) is 5.32 Å². The zero-order valence-electron chi connectivity index (χ0n) is 14.8. The first kappa shape index (κ1) is 18.5. The van der Waals surface area contributed by atoms with Gasteiger partial charge in [-0.15, -0.1) is 0 Å². The summed E-state index contributed by atoms with van der Waals surface area (Å²) in [4.78, 5) is 23.7. The Labute approximate surface area is 169 Å². The van der Waals surface area contributed by atoms with Gasteiger partial charge in [0.1, 0.15) is 11.4 Å². The number of carbonyl (C=O) groups is 1. The number of anilines is 1.